The molecule has 0 unspecified atom stereocenters. The summed E-state index contributed by atoms with van der Waals surface area (Å²) in [6.45, 7) is 2.24. The summed E-state index contributed by atoms with van der Waals surface area (Å²) >= 11 is 0. The predicted octanol–water partition coefficient (Wildman–Crippen LogP) is 10.5. The normalized spacial score (nSPS) is 38.7. The Morgan fingerprint density at radius 1 is 0.747 bits per heavy atom. The maximum absolute atomic E-state index is 16.4. The molecule has 1 spiro atoms. The van der Waals surface area contributed by atoms with E-state index in [1.54, 1.807) is 13.0 Å². The fraction of sp³-hybridized carbons (Fsp3) is 0.649. The number of Topliss-reactive ketones (excluding diaryl/α,β-unsaturated/α-hetero) is 1. The molecule has 0 amide bonds. The van der Waals surface area contributed by atoms with Crippen molar-refractivity contribution < 1.29 is 59.2 Å². The number of esters is 2. The topological polar surface area (TPSA) is 224 Å². The van der Waals surface area contributed by atoms with Gasteiger partial charge in [-0.2, -0.15) is 0 Å². The highest BCUT2D eigenvalue weighted by Crippen LogP contribution is 2.68. The van der Waals surface area contributed by atoms with Crippen molar-refractivity contribution in [1.82, 2.24) is 5.32 Å². The largest absolute Gasteiger partial charge is 0.507 e. The van der Waals surface area contributed by atoms with E-state index >= 15 is 14.7 Å². The highest BCUT2D eigenvalue weighted by molar-refractivity contribution is 5.89. The highest BCUT2D eigenvalue weighted by Gasteiger charge is 2.70. The van der Waals surface area contributed by atoms with Crippen LogP contribution in [0.2, 0.25) is 0 Å². The summed E-state index contributed by atoms with van der Waals surface area (Å²) in [5, 5.41) is 84.5. The van der Waals surface area contributed by atoms with Crippen molar-refractivity contribution in [2.24, 2.45) is 58.7 Å². The van der Waals surface area contributed by atoms with Crippen LogP contribution in [0.1, 0.15) is 211 Å². The van der Waals surface area contributed by atoms with E-state index in [0.29, 0.717) is 71.4 Å². The summed E-state index contributed by atoms with van der Waals surface area (Å²) in [5.41, 5.74) is 1.29. The van der Waals surface area contributed by atoms with Crippen LogP contribution in [0.15, 0.2) is 60.2 Å². The first-order valence-electron chi connectivity index (χ1n) is 35.3. The SMILES string of the molecule is CNC[C@H]1C[C@@H]2CC(=O)[C@H]3Cc4cccc(c4)C[C@H](O)/C=C4/C[C@H](c5cc6cc(c5)[C@@H](O)C5(C#CC7CCC(CC7)OC[C@@H](O)[C@@](C)(O)CN6)CCCCC5)C#C[C@@H]5CC(=O)Oc6c5cc(c(O)c6C5CCCCC5)C[C@@H](OC4=O)[C@@]4(O)[C@H]2[C@H]3[C@H]1[C@H]1CCCC[C@H]14. The van der Waals surface area contributed by atoms with E-state index in [4.69, 9.17) is 14.2 Å². The Hall–Kier alpha value is -5.55. The average molecular weight is 1240 g/mol. The lowest BCUT2D eigenvalue weighted by Gasteiger charge is -2.68. The van der Waals surface area contributed by atoms with Gasteiger partial charge in [0.15, 0.2) is 0 Å². The number of aromatic hydroxyl groups is 1. The predicted molar refractivity (Wildman–Crippen MR) is 345 cm³/mol. The molecule has 14 nitrogen and oxygen atoms in total. The number of fused-ring (bicyclic) bond motifs is 17. The van der Waals surface area contributed by atoms with Crippen molar-refractivity contribution in [3.63, 3.8) is 0 Å². The number of nitrogens with one attached hydrogen (secondary N) is 2. The Kier molecular flexibility index (Phi) is 17.7. The lowest BCUT2D eigenvalue weighted by molar-refractivity contribution is -0.274. The average Bonchev–Trinajstić information content (AvgIpc) is 0.776. The Morgan fingerprint density at radius 2 is 1.48 bits per heavy atom. The number of carbonyl (C=O) groups excluding carboxylic acids is 3. The van der Waals surface area contributed by atoms with E-state index in [1.807, 2.05) is 43.4 Å². The monoisotopic (exact) mass is 1240 g/mol. The first kappa shape index (κ1) is 62.9. The van der Waals surface area contributed by atoms with Gasteiger partial charge >= 0.3 is 11.9 Å². The Bertz CT molecular complexity index is 3420. The molecule has 7 saturated carbocycles. The molecule has 14 heteroatoms. The highest BCUT2D eigenvalue weighted by atomic mass is 16.6. The van der Waals surface area contributed by atoms with E-state index < -0.39 is 76.6 Å². The number of aliphatic hydroxyl groups excluding tert-OH is 3. The third kappa shape index (κ3) is 12.0. The summed E-state index contributed by atoms with van der Waals surface area (Å²) in [5.74, 6) is 11.2. The number of phenolic OH excluding ortho intramolecular Hbond substituents is 1. The zero-order chi connectivity index (χ0) is 62.9. The van der Waals surface area contributed by atoms with Gasteiger partial charge in [-0.05, 0) is 203 Å². The minimum Gasteiger partial charge on any atom is -0.507 e. The number of hydrogen-bond acceptors (Lipinski definition) is 14. The number of rotatable bonds is 4. The van der Waals surface area contributed by atoms with E-state index in [0.717, 1.165) is 120 Å². The van der Waals surface area contributed by atoms with Gasteiger partial charge in [0, 0.05) is 65.9 Å². The van der Waals surface area contributed by atoms with Gasteiger partial charge in [0.05, 0.1) is 42.7 Å². The molecule has 7 fully saturated rings. The van der Waals surface area contributed by atoms with Crippen molar-refractivity contribution in [2.75, 3.05) is 32.1 Å². The second-order valence-corrected chi connectivity index (χ2v) is 30.4. The lowest BCUT2D eigenvalue weighted by Crippen LogP contribution is -2.73. The molecule has 486 valence electrons. The van der Waals surface area contributed by atoms with Crippen molar-refractivity contribution in [1.29, 1.82) is 0 Å². The van der Waals surface area contributed by atoms with Crippen LogP contribution in [-0.2, 0) is 43.1 Å². The summed E-state index contributed by atoms with van der Waals surface area (Å²) in [6, 6.07) is 15.8. The Morgan fingerprint density at radius 3 is 2.27 bits per heavy atom. The van der Waals surface area contributed by atoms with Gasteiger partial charge in [0.2, 0.25) is 0 Å². The first-order chi connectivity index (χ1) is 44.0. The molecule has 5 aliphatic heterocycles. The smallest absolute Gasteiger partial charge is 0.334 e. The van der Waals surface area contributed by atoms with Crippen molar-refractivity contribution in [3.8, 4) is 35.2 Å². The number of ketones is 1. The fourth-order valence-corrected chi connectivity index (χ4v) is 20.3. The molecule has 3 aromatic rings. The fourth-order valence-electron chi connectivity index (χ4n) is 20.3. The summed E-state index contributed by atoms with van der Waals surface area (Å²) < 4.78 is 19.9. The zero-order valence-corrected chi connectivity index (χ0v) is 53.4. The summed E-state index contributed by atoms with van der Waals surface area (Å²) in [6.07, 6.45) is 13.6. The van der Waals surface area contributed by atoms with Crippen molar-refractivity contribution in [3.05, 3.63) is 99.1 Å². The van der Waals surface area contributed by atoms with Gasteiger partial charge in [-0.3, -0.25) is 9.59 Å². The van der Waals surface area contributed by atoms with E-state index in [-0.39, 0.29) is 109 Å². The van der Waals surface area contributed by atoms with E-state index in [9.17, 15) is 30.3 Å². The maximum atomic E-state index is 16.4. The van der Waals surface area contributed by atoms with Crippen molar-refractivity contribution >= 4 is 23.4 Å². The minimum atomic E-state index is -1.67. The molecule has 16 atom stereocenters. The maximum Gasteiger partial charge on any atom is 0.334 e. The number of anilines is 1. The van der Waals surface area contributed by atoms with Gasteiger partial charge in [0.25, 0.3) is 0 Å². The number of benzene rings is 3. The molecule has 5 heterocycles. The molecule has 0 aromatic heterocycles. The van der Waals surface area contributed by atoms with Gasteiger partial charge in [-0.15, -0.1) is 0 Å². The Labute approximate surface area is 537 Å². The third-order valence-corrected chi connectivity index (χ3v) is 24.7. The number of ether oxygens (including phenoxy) is 3. The minimum absolute atomic E-state index is 0.0179. The number of phenols is 1. The van der Waals surface area contributed by atoms with Crippen LogP contribution in [0.3, 0.4) is 0 Å². The number of aliphatic hydroxyl groups is 5. The first-order valence-corrected chi connectivity index (χ1v) is 35.3. The zero-order valence-electron chi connectivity index (χ0n) is 53.4. The third-order valence-electron chi connectivity index (χ3n) is 24.7. The molecule has 16 bridgehead atoms. The quantitative estimate of drug-likeness (QED) is 0.0692. The van der Waals surface area contributed by atoms with Crippen LogP contribution >= 0.6 is 0 Å². The number of hydrogen-bond donors (Lipinski definition) is 8. The summed E-state index contributed by atoms with van der Waals surface area (Å²) in [7, 11) is 2.01. The van der Waals surface area contributed by atoms with E-state index in [1.165, 1.54) is 0 Å². The summed E-state index contributed by atoms with van der Waals surface area (Å²) in [4.78, 5) is 45.8. The molecule has 0 radical (unpaired) electrons. The molecule has 12 aliphatic rings. The van der Waals surface area contributed by atoms with Crippen LogP contribution in [-0.4, -0.2) is 111 Å². The molecule has 3 aromatic carbocycles. The van der Waals surface area contributed by atoms with E-state index in [2.05, 4.69) is 46.4 Å². The van der Waals surface area contributed by atoms with Gasteiger partial charge < -0.3 is 55.5 Å². The molecule has 0 saturated heterocycles. The van der Waals surface area contributed by atoms with Crippen LogP contribution in [0.5, 0.6) is 11.5 Å². The second kappa shape index (κ2) is 25.6. The van der Waals surface area contributed by atoms with Gasteiger partial charge in [0.1, 0.15) is 40.7 Å². The lowest BCUT2D eigenvalue weighted by atomic mass is 9.38. The van der Waals surface area contributed by atoms with Crippen LogP contribution < -0.4 is 15.4 Å². The van der Waals surface area contributed by atoms with Crippen LogP contribution in [0.25, 0.3) is 0 Å². The number of carbonyl (C=O) groups is 3. The standard InChI is InChI=1S/C77H96N2O12/c1-75(87)43-79-56-34-50(32-53(35-56)73(85)76(25-9-4-10-26-76)27-24-44-18-22-58(23-19-44)89-42-64(75)82)48-20-21-49-40-66(83)91-72-60(49)37-52(71(84)68(72)47-14-5-3-6-15-47)39-65-77(88)62-17-8-7-16-59(62)67-55(41-78-2)33-51-38-63(81)61(69(67)70(51)77)30-46-13-11-12-45(28-46)29-57(80)36-54(31-48)74(86)90-65/h11-13,28,32,34-37,44,47-49,51,55,57-59,61-62,64-65,67,69-70,73,78-80,82,84-85,87-88H,3-10,14-19,22-23,25-26,29-31,33,38-43H2,1-2H3/b54-36-/t44?,48-,49-,51-,55-,57+,58?,59+,61-,62-,64-,65-,67-,69-,70-,73-,75+,77-/m1/s1. The van der Waals surface area contributed by atoms with Gasteiger partial charge in [-0.25, -0.2) is 4.79 Å². The molecule has 8 N–H and O–H groups in total. The second-order valence-electron chi connectivity index (χ2n) is 30.4. The molecular formula is C77H96N2O12. The molecule has 91 heavy (non-hydrogen) atoms. The van der Waals surface area contributed by atoms with Crippen LogP contribution in [0.4, 0.5) is 5.69 Å². The van der Waals surface area contributed by atoms with Crippen LogP contribution in [0, 0.1) is 82.4 Å². The Balaban J connectivity index is 0.978. The molecule has 7 aliphatic carbocycles. The van der Waals surface area contributed by atoms with Crippen molar-refractivity contribution in [2.45, 2.75) is 227 Å². The molecular weight excluding hydrogens is 1140 g/mol. The van der Waals surface area contributed by atoms with Gasteiger partial charge in [-0.1, -0.05) is 105 Å². The molecule has 15 rings (SSSR count).